The third-order valence-electron chi connectivity index (χ3n) is 4.58. The van der Waals surface area contributed by atoms with Gasteiger partial charge in [0.15, 0.2) is 11.5 Å². The molecule has 0 spiro atoms. The molecule has 2 aromatic carbocycles. The van der Waals surface area contributed by atoms with Crippen molar-refractivity contribution in [2.24, 2.45) is 0 Å². The van der Waals surface area contributed by atoms with E-state index < -0.39 is 0 Å². The van der Waals surface area contributed by atoms with Crippen molar-refractivity contribution in [1.82, 2.24) is 10.2 Å². The van der Waals surface area contributed by atoms with Crippen molar-refractivity contribution >= 4 is 17.5 Å². The van der Waals surface area contributed by atoms with Crippen LogP contribution in [0.2, 0.25) is 5.02 Å². The molecular formula is C21H24ClFN2O3. The van der Waals surface area contributed by atoms with Gasteiger partial charge in [-0.05, 0) is 49.5 Å². The summed E-state index contributed by atoms with van der Waals surface area (Å²) in [4.78, 5) is 14.4. The van der Waals surface area contributed by atoms with Crippen LogP contribution in [-0.2, 0) is 11.2 Å². The maximum Gasteiger partial charge on any atom is 0.224 e. The average molecular weight is 407 g/mol. The van der Waals surface area contributed by atoms with Crippen LogP contribution in [0, 0.1) is 5.82 Å². The lowest BCUT2D eigenvalue weighted by Crippen LogP contribution is -2.35. The Bertz CT molecular complexity index is 844. The zero-order chi connectivity index (χ0) is 20.1. The molecule has 28 heavy (non-hydrogen) atoms. The molecule has 3 rings (SSSR count). The number of ether oxygens (including phenoxy) is 2. The summed E-state index contributed by atoms with van der Waals surface area (Å²) < 4.78 is 24.8. The lowest BCUT2D eigenvalue weighted by atomic mass is 10.1. The molecule has 2 aromatic rings. The Kier molecular flexibility index (Phi) is 6.75. The lowest BCUT2D eigenvalue weighted by molar-refractivity contribution is -0.120. The number of nitrogens with zero attached hydrogens (tertiary/aromatic N) is 1. The minimum Gasteiger partial charge on any atom is -0.489 e. The van der Waals surface area contributed by atoms with Crippen molar-refractivity contribution in [3.05, 3.63) is 58.4 Å². The zero-order valence-corrected chi connectivity index (χ0v) is 16.8. The molecule has 1 unspecified atom stereocenters. The van der Waals surface area contributed by atoms with Crippen LogP contribution < -0.4 is 14.8 Å². The van der Waals surface area contributed by atoms with E-state index in [1.807, 2.05) is 25.1 Å². The fourth-order valence-corrected chi connectivity index (χ4v) is 3.44. The second-order valence-electron chi connectivity index (χ2n) is 6.97. The Hall–Kier alpha value is -2.31. The molecular weight excluding hydrogens is 383 g/mol. The van der Waals surface area contributed by atoms with E-state index in [0.717, 1.165) is 17.5 Å². The number of nitrogens with one attached hydrogen (secondary N) is 1. The van der Waals surface area contributed by atoms with Crippen LogP contribution in [0.25, 0.3) is 0 Å². The standard InChI is InChI=1S/C21H24ClFN2O3/c1-25(2)18(15-5-3-6-16(23)12-15)13-24-20(26)11-14-9-17(22)21-19(10-14)27-7-4-8-28-21/h3,5-6,9-10,12,18H,4,7-8,11,13H2,1-2H3,(H,24,26). The third-order valence-corrected chi connectivity index (χ3v) is 4.86. The van der Waals surface area contributed by atoms with Gasteiger partial charge < -0.3 is 19.7 Å². The van der Waals surface area contributed by atoms with E-state index in [0.29, 0.717) is 36.3 Å². The number of hydrogen-bond acceptors (Lipinski definition) is 4. The van der Waals surface area contributed by atoms with E-state index in [9.17, 15) is 9.18 Å². The molecule has 0 radical (unpaired) electrons. The first-order valence-corrected chi connectivity index (χ1v) is 9.58. The van der Waals surface area contributed by atoms with Crippen LogP contribution in [0.3, 0.4) is 0 Å². The monoisotopic (exact) mass is 406 g/mol. The largest absolute Gasteiger partial charge is 0.489 e. The molecule has 1 N–H and O–H groups in total. The first-order valence-electron chi connectivity index (χ1n) is 9.20. The van der Waals surface area contributed by atoms with Crippen LogP contribution in [0.5, 0.6) is 11.5 Å². The van der Waals surface area contributed by atoms with E-state index in [2.05, 4.69) is 5.32 Å². The summed E-state index contributed by atoms with van der Waals surface area (Å²) in [6.45, 7) is 1.48. The van der Waals surface area contributed by atoms with E-state index in [1.54, 1.807) is 18.2 Å². The van der Waals surface area contributed by atoms with Crippen LogP contribution in [0.15, 0.2) is 36.4 Å². The molecule has 0 aromatic heterocycles. The van der Waals surface area contributed by atoms with Crippen molar-refractivity contribution in [2.45, 2.75) is 18.9 Å². The van der Waals surface area contributed by atoms with E-state index in [4.69, 9.17) is 21.1 Å². The minimum absolute atomic E-state index is 0.132. The maximum absolute atomic E-state index is 13.5. The van der Waals surface area contributed by atoms with Gasteiger partial charge in [0.05, 0.1) is 30.7 Å². The van der Waals surface area contributed by atoms with Crippen LogP contribution in [0.1, 0.15) is 23.6 Å². The van der Waals surface area contributed by atoms with Crippen molar-refractivity contribution in [1.29, 1.82) is 0 Å². The number of amides is 1. The fraction of sp³-hybridized carbons (Fsp3) is 0.381. The summed E-state index contributed by atoms with van der Waals surface area (Å²) in [5, 5.41) is 3.36. The molecule has 1 aliphatic rings. The number of carbonyl (C=O) groups excluding carboxylic acids is 1. The highest BCUT2D eigenvalue weighted by atomic mass is 35.5. The first-order chi connectivity index (χ1) is 13.4. The second kappa shape index (κ2) is 9.26. The molecule has 0 aliphatic carbocycles. The number of likely N-dealkylation sites (N-methyl/N-ethyl adjacent to an activating group) is 1. The summed E-state index contributed by atoms with van der Waals surface area (Å²) in [6, 6.07) is 9.80. The van der Waals surface area contributed by atoms with Gasteiger partial charge in [-0.25, -0.2) is 4.39 Å². The highest BCUT2D eigenvalue weighted by Gasteiger charge is 2.19. The number of benzene rings is 2. The van der Waals surface area contributed by atoms with Gasteiger partial charge in [0.2, 0.25) is 5.91 Å². The van der Waals surface area contributed by atoms with Gasteiger partial charge in [0.1, 0.15) is 5.82 Å². The molecule has 0 bridgehead atoms. The molecule has 1 amide bonds. The molecule has 0 saturated carbocycles. The second-order valence-corrected chi connectivity index (χ2v) is 7.38. The van der Waals surface area contributed by atoms with Crippen molar-refractivity contribution in [3.8, 4) is 11.5 Å². The van der Waals surface area contributed by atoms with Gasteiger partial charge >= 0.3 is 0 Å². The summed E-state index contributed by atoms with van der Waals surface area (Å²) in [7, 11) is 3.79. The average Bonchev–Trinajstić information content (AvgIpc) is 2.87. The summed E-state index contributed by atoms with van der Waals surface area (Å²) >= 11 is 6.29. The zero-order valence-electron chi connectivity index (χ0n) is 16.0. The highest BCUT2D eigenvalue weighted by Crippen LogP contribution is 2.38. The lowest BCUT2D eigenvalue weighted by Gasteiger charge is -2.25. The van der Waals surface area contributed by atoms with Crippen LogP contribution in [0.4, 0.5) is 4.39 Å². The van der Waals surface area contributed by atoms with Gasteiger partial charge in [-0.15, -0.1) is 0 Å². The van der Waals surface area contributed by atoms with Gasteiger partial charge in [0, 0.05) is 13.0 Å². The fourth-order valence-electron chi connectivity index (χ4n) is 3.16. The van der Waals surface area contributed by atoms with Gasteiger partial charge in [0.25, 0.3) is 0 Å². The Morgan fingerprint density at radius 3 is 2.79 bits per heavy atom. The third kappa shape index (κ3) is 5.14. The molecule has 7 heteroatoms. The Balaban J connectivity index is 1.65. The van der Waals surface area contributed by atoms with Gasteiger partial charge in [-0.2, -0.15) is 0 Å². The van der Waals surface area contributed by atoms with Crippen molar-refractivity contribution in [2.75, 3.05) is 33.9 Å². The summed E-state index contributed by atoms with van der Waals surface area (Å²) in [6.07, 6.45) is 0.951. The number of fused-ring (bicyclic) bond motifs is 1. The SMILES string of the molecule is CN(C)C(CNC(=O)Cc1cc(Cl)c2c(c1)OCCCO2)c1cccc(F)c1. The number of hydrogen-bond donors (Lipinski definition) is 1. The highest BCUT2D eigenvalue weighted by molar-refractivity contribution is 6.32. The van der Waals surface area contributed by atoms with E-state index in [1.165, 1.54) is 12.1 Å². The minimum atomic E-state index is -0.294. The number of rotatable bonds is 6. The molecule has 1 aliphatic heterocycles. The van der Waals surface area contributed by atoms with E-state index >= 15 is 0 Å². The quantitative estimate of drug-likeness (QED) is 0.796. The molecule has 0 saturated heterocycles. The predicted octanol–water partition coefficient (Wildman–Crippen LogP) is 3.60. The molecule has 1 atom stereocenters. The Labute approximate surface area is 169 Å². The van der Waals surface area contributed by atoms with Crippen LogP contribution >= 0.6 is 11.6 Å². The van der Waals surface area contributed by atoms with E-state index in [-0.39, 0.29) is 24.2 Å². The maximum atomic E-state index is 13.5. The Morgan fingerprint density at radius 1 is 1.25 bits per heavy atom. The molecule has 150 valence electrons. The molecule has 5 nitrogen and oxygen atoms in total. The normalized spacial score (nSPS) is 14.5. The summed E-state index contributed by atoms with van der Waals surface area (Å²) in [5.41, 5.74) is 1.56. The topological polar surface area (TPSA) is 50.8 Å². The number of carbonyl (C=O) groups is 1. The first kappa shape index (κ1) is 20.4. The van der Waals surface area contributed by atoms with Gasteiger partial charge in [-0.3, -0.25) is 4.79 Å². The molecule has 0 fully saturated rings. The van der Waals surface area contributed by atoms with Crippen molar-refractivity contribution < 1.29 is 18.7 Å². The van der Waals surface area contributed by atoms with Crippen molar-refractivity contribution in [3.63, 3.8) is 0 Å². The summed E-state index contributed by atoms with van der Waals surface area (Å²) in [5.74, 6) is 0.659. The smallest absolute Gasteiger partial charge is 0.224 e. The predicted molar refractivity (Wildman–Crippen MR) is 107 cm³/mol. The Morgan fingerprint density at radius 2 is 2.04 bits per heavy atom. The van der Waals surface area contributed by atoms with Crippen LogP contribution in [-0.4, -0.2) is 44.7 Å². The van der Waals surface area contributed by atoms with Gasteiger partial charge in [-0.1, -0.05) is 23.7 Å². The number of halogens is 2. The molecule has 1 heterocycles.